The van der Waals surface area contributed by atoms with E-state index in [0.29, 0.717) is 5.56 Å². The fourth-order valence-electron chi connectivity index (χ4n) is 3.84. The van der Waals surface area contributed by atoms with Crippen LogP contribution in [0.2, 0.25) is 0 Å². The van der Waals surface area contributed by atoms with Gasteiger partial charge in [0.15, 0.2) is 0 Å². The van der Waals surface area contributed by atoms with Gasteiger partial charge >= 0.3 is 5.97 Å². The number of aromatic nitrogens is 1. The quantitative estimate of drug-likeness (QED) is 0.153. The lowest BCUT2D eigenvalue weighted by atomic mass is 10.0. The Kier molecular flexibility index (Phi) is 9.74. The summed E-state index contributed by atoms with van der Waals surface area (Å²) in [5.41, 5.74) is 8.00. The van der Waals surface area contributed by atoms with Crippen LogP contribution in [-0.2, 0) is 32.0 Å². The van der Waals surface area contributed by atoms with E-state index in [1.165, 1.54) is 19.1 Å². The summed E-state index contributed by atoms with van der Waals surface area (Å²) in [5, 5.41) is 27.5. The minimum atomic E-state index is -1.26. The molecule has 8 N–H and O–H groups in total. The van der Waals surface area contributed by atoms with Crippen LogP contribution in [-0.4, -0.2) is 68.8 Å². The van der Waals surface area contributed by atoms with Crippen molar-refractivity contribution < 1.29 is 29.4 Å². The maximum Gasteiger partial charge on any atom is 0.326 e. The lowest BCUT2D eigenvalue weighted by Crippen LogP contribution is -2.57. The number of carboxylic acids is 1. The number of phenolic OH excluding ortho intramolecular Hbond substituents is 1. The highest BCUT2D eigenvalue weighted by Crippen LogP contribution is 2.19. The summed E-state index contributed by atoms with van der Waals surface area (Å²) in [5.74, 6) is -3.07. The number of phenols is 1. The second-order valence-corrected chi connectivity index (χ2v) is 9.28. The fraction of sp³-hybridized carbons (Fsp3) is 0.308. The molecule has 3 amide bonds. The first kappa shape index (κ1) is 28.5. The minimum Gasteiger partial charge on any atom is -0.508 e. The lowest BCUT2D eigenvalue weighted by Gasteiger charge is -2.23. The van der Waals surface area contributed by atoms with E-state index < -0.39 is 47.9 Å². The predicted molar refractivity (Wildman–Crippen MR) is 145 cm³/mol. The molecule has 0 radical (unpaired) electrons. The SMILES string of the molecule is C[C@H](NC(=O)[C@H](Cc1c[nH]c2ccccc12)NC(=O)[C@@H](N)CS)C(=O)N[C@@H](Cc1ccc(O)cc1)C(=O)O. The number of aromatic hydroxyl groups is 1. The third-order valence-electron chi connectivity index (χ3n) is 6.01. The van der Waals surface area contributed by atoms with Crippen molar-refractivity contribution in [3.63, 3.8) is 0 Å². The third-order valence-corrected chi connectivity index (χ3v) is 6.40. The molecule has 3 rings (SSSR count). The smallest absolute Gasteiger partial charge is 0.326 e. The Morgan fingerprint density at radius 3 is 2.24 bits per heavy atom. The van der Waals surface area contributed by atoms with Crippen LogP contribution in [0.4, 0.5) is 0 Å². The van der Waals surface area contributed by atoms with Crippen molar-refractivity contribution in [1.29, 1.82) is 0 Å². The average molecular weight is 542 g/mol. The van der Waals surface area contributed by atoms with Crippen LogP contribution < -0.4 is 21.7 Å². The molecule has 3 aromatic rings. The molecule has 4 atom stereocenters. The number of nitrogens with two attached hydrogens (primary N) is 1. The highest BCUT2D eigenvalue weighted by atomic mass is 32.1. The maximum atomic E-state index is 13.2. The van der Waals surface area contributed by atoms with Crippen LogP contribution in [0, 0.1) is 0 Å². The number of benzene rings is 2. The molecule has 0 saturated carbocycles. The molecule has 0 aliphatic rings. The number of hydrogen-bond acceptors (Lipinski definition) is 7. The summed E-state index contributed by atoms with van der Waals surface area (Å²) in [6.07, 6.45) is 1.84. The predicted octanol–water partition coefficient (Wildman–Crippen LogP) is 0.475. The van der Waals surface area contributed by atoms with Gasteiger partial charge in [-0.25, -0.2) is 4.79 Å². The zero-order valence-corrected chi connectivity index (χ0v) is 21.6. The molecule has 2 aromatic carbocycles. The number of carbonyl (C=O) groups excluding carboxylic acids is 3. The Bertz CT molecular complexity index is 1290. The third kappa shape index (κ3) is 7.49. The van der Waals surface area contributed by atoms with E-state index in [4.69, 9.17) is 5.73 Å². The first-order valence-corrected chi connectivity index (χ1v) is 12.6. The number of aromatic amines is 1. The molecule has 11 nitrogen and oxygen atoms in total. The van der Waals surface area contributed by atoms with Gasteiger partial charge in [0, 0.05) is 35.7 Å². The number of para-hydroxylation sites is 1. The van der Waals surface area contributed by atoms with Gasteiger partial charge in [-0.2, -0.15) is 12.6 Å². The molecule has 0 unspecified atom stereocenters. The second kappa shape index (κ2) is 13.0. The molecular weight excluding hydrogens is 510 g/mol. The normalized spacial score (nSPS) is 14.2. The van der Waals surface area contributed by atoms with E-state index in [1.54, 1.807) is 18.3 Å². The van der Waals surface area contributed by atoms with Crippen LogP contribution in [0.3, 0.4) is 0 Å². The number of rotatable bonds is 12. The van der Waals surface area contributed by atoms with Gasteiger partial charge < -0.3 is 36.9 Å². The van der Waals surface area contributed by atoms with Gasteiger partial charge in [0.2, 0.25) is 17.7 Å². The summed E-state index contributed by atoms with van der Waals surface area (Å²) in [6, 6.07) is 9.06. The Morgan fingerprint density at radius 2 is 1.58 bits per heavy atom. The zero-order chi connectivity index (χ0) is 27.8. The number of H-pyrrole nitrogens is 1. The second-order valence-electron chi connectivity index (χ2n) is 8.91. The standard InChI is InChI=1S/C26H31N5O6S/c1-14(23(33)31-22(26(36)37)10-15-6-8-17(32)9-7-15)29-25(35)21(30-24(34)19(27)13-38)11-16-12-28-20-5-3-2-4-18(16)20/h2-9,12,14,19,21-22,28,32,38H,10-11,13,27H2,1H3,(H,29,35)(H,30,34)(H,31,33)(H,36,37)/t14-,19-,21-,22-/m0/s1. The molecule has 0 bridgehead atoms. The van der Waals surface area contributed by atoms with Crippen molar-refractivity contribution in [3.8, 4) is 5.75 Å². The van der Waals surface area contributed by atoms with Crippen LogP contribution in [0.1, 0.15) is 18.1 Å². The molecule has 12 heteroatoms. The number of amides is 3. The van der Waals surface area contributed by atoms with E-state index in [2.05, 4.69) is 33.6 Å². The summed E-state index contributed by atoms with van der Waals surface area (Å²) in [6.45, 7) is 1.41. The van der Waals surface area contributed by atoms with Crippen LogP contribution >= 0.6 is 12.6 Å². The maximum absolute atomic E-state index is 13.2. The van der Waals surface area contributed by atoms with Crippen LogP contribution in [0.15, 0.2) is 54.7 Å². The molecule has 1 aromatic heterocycles. The van der Waals surface area contributed by atoms with E-state index in [0.717, 1.165) is 16.5 Å². The number of hydrogen-bond donors (Lipinski definition) is 8. The van der Waals surface area contributed by atoms with Crippen molar-refractivity contribution in [3.05, 3.63) is 65.9 Å². The number of fused-ring (bicyclic) bond motifs is 1. The molecule has 0 aliphatic heterocycles. The molecule has 0 spiro atoms. The first-order chi connectivity index (χ1) is 18.1. The van der Waals surface area contributed by atoms with Gasteiger partial charge in [-0.05, 0) is 36.2 Å². The number of thiol groups is 1. The molecule has 202 valence electrons. The van der Waals surface area contributed by atoms with Crippen LogP contribution in [0.25, 0.3) is 10.9 Å². The molecule has 0 aliphatic carbocycles. The minimum absolute atomic E-state index is 0.0249. The van der Waals surface area contributed by atoms with E-state index >= 15 is 0 Å². The Hall–Kier alpha value is -4.03. The average Bonchev–Trinajstić information content (AvgIpc) is 3.31. The molecule has 38 heavy (non-hydrogen) atoms. The zero-order valence-electron chi connectivity index (χ0n) is 20.7. The van der Waals surface area contributed by atoms with Crippen molar-refractivity contribution in [2.75, 3.05) is 5.75 Å². The summed E-state index contributed by atoms with van der Waals surface area (Å²) >= 11 is 4.03. The van der Waals surface area contributed by atoms with Gasteiger partial charge in [-0.1, -0.05) is 30.3 Å². The summed E-state index contributed by atoms with van der Waals surface area (Å²) < 4.78 is 0. The fourth-order valence-corrected chi connectivity index (χ4v) is 4.00. The summed E-state index contributed by atoms with van der Waals surface area (Å²) in [4.78, 5) is 53.3. The van der Waals surface area contributed by atoms with Crippen LogP contribution in [0.5, 0.6) is 5.75 Å². The number of carboxylic acid groups (broad SMARTS) is 1. The van der Waals surface area contributed by atoms with Gasteiger partial charge in [-0.15, -0.1) is 0 Å². The number of nitrogens with one attached hydrogen (secondary N) is 4. The van der Waals surface area contributed by atoms with Gasteiger partial charge in [0.1, 0.15) is 23.9 Å². The molecule has 0 saturated heterocycles. The monoisotopic (exact) mass is 541 g/mol. The van der Waals surface area contributed by atoms with Crippen molar-refractivity contribution in [1.82, 2.24) is 20.9 Å². The Balaban J connectivity index is 1.70. The van der Waals surface area contributed by atoms with E-state index in [1.807, 2.05) is 24.3 Å². The van der Waals surface area contributed by atoms with Crippen molar-refractivity contribution in [2.24, 2.45) is 5.73 Å². The van der Waals surface area contributed by atoms with E-state index in [-0.39, 0.29) is 24.3 Å². The molecule has 1 heterocycles. The largest absolute Gasteiger partial charge is 0.508 e. The number of carbonyl (C=O) groups is 4. The highest BCUT2D eigenvalue weighted by Gasteiger charge is 2.29. The van der Waals surface area contributed by atoms with Gasteiger partial charge in [0.05, 0.1) is 6.04 Å². The first-order valence-electron chi connectivity index (χ1n) is 11.9. The Labute approximate surface area is 224 Å². The van der Waals surface area contributed by atoms with Gasteiger partial charge in [0.25, 0.3) is 0 Å². The van der Waals surface area contributed by atoms with Gasteiger partial charge in [-0.3, -0.25) is 14.4 Å². The highest BCUT2D eigenvalue weighted by molar-refractivity contribution is 7.80. The number of aliphatic carboxylic acids is 1. The van der Waals surface area contributed by atoms with Crippen molar-refractivity contribution >= 4 is 47.2 Å². The van der Waals surface area contributed by atoms with Crippen molar-refractivity contribution in [2.45, 2.75) is 43.9 Å². The lowest BCUT2D eigenvalue weighted by molar-refractivity contribution is -0.142. The Morgan fingerprint density at radius 1 is 0.921 bits per heavy atom. The molecule has 0 fully saturated rings. The summed E-state index contributed by atoms with van der Waals surface area (Å²) in [7, 11) is 0. The topological polar surface area (TPSA) is 187 Å². The van der Waals surface area contributed by atoms with E-state index in [9.17, 15) is 29.4 Å². The molecular formula is C26H31N5O6S.